The highest BCUT2D eigenvalue weighted by molar-refractivity contribution is 7.92. The maximum Gasteiger partial charge on any atom is 0.410 e. The van der Waals surface area contributed by atoms with Crippen molar-refractivity contribution in [3.63, 3.8) is 0 Å². The lowest BCUT2D eigenvalue weighted by molar-refractivity contribution is -0.00637. The monoisotopic (exact) mass is 389 g/mol. The van der Waals surface area contributed by atoms with Crippen LogP contribution < -0.4 is 0 Å². The molecule has 5 nitrogen and oxygen atoms in total. The van der Waals surface area contributed by atoms with Gasteiger partial charge in [-0.05, 0) is 65.2 Å². The van der Waals surface area contributed by atoms with Gasteiger partial charge in [-0.2, -0.15) is 0 Å². The van der Waals surface area contributed by atoms with Gasteiger partial charge >= 0.3 is 6.09 Å². The van der Waals surface area contributed by atoms with E-state index in [0.717, 1.165) is 30.0 Å². The van der Waals surface area contributed by atoms with Crippen molar-refractivity contribution in [2.24, 2.45) is 0 Å². The highest BCUT2D eigenvalue weighted by atomic mass is 32.2. The number of likely N-dealkylation sites (tertiary alicyclic amines) is 1. The zero-order valence-electron chi connectivity index (χ0n) is 15.5. The second-order valence-electron chi connectivity index (χ2n) is 7.63. The minimum absolute atomic E-state index is 0.181. The zero-order chi connectivity index (χ0) is 19.8. The minimum atomic E-state index is -4.53. The van der Waals surface area contributed by atoms with E-state index >= 15 is 4.39 Å². The molecule has 1 aliphatic heterocycles. The fourth-order valence-corrected chi connectivity index (χ4v) is 4.64. The van der Waals surface area contributed by atoms with Crippen LogP contribution >= 0.6 is 0 Å². The van der Waals surface area contributed by atoms with Crippen LogP contribution in [0.2, 0.25) is 0 Å². The third kappa shape index (κ3) is 4.16. The van der Waals surface area contributed by atoms with Crippen LogP contribution in [-0.2, 0) is 14.6 Å². The number of hydrogen-bond donors (Lipinski definition) is 0. The van der Waals surface area contributed by atoms with Gasteiger partial charge in [-0.15, -0.1) is 0 Å². The Labute approximate surface area is 153 Å². The average molecular weight is 389 g/mol. The molecule has 1 heterocycles. The summed E-state index contributed by atoms with van der Waals surface area (Å²) in [6, 6.07) is 3.02. The number of halogens is 2. The minimum Gasteiger partial charge on any atom is -0.444 e. The Balaban J connectivity index is 2.39. The van der Waals surface area contributed by atoms with Gasteiger partial charge in [-0.25, -0.2) is 22.0 Å². The van der Waals surface area contributed by atoms with E-state index in [-0.39, 0.29) is 13.0 Å². The van der Waals surface area contributed by atoms with Gasteiger partial charge in [0.15, 0.2) is 0 Å². The van der Waals surface area contributed by atoms with Crippen LogP contribution in [0.1, 0.15) is 47.0 Å². The van der Waals surface area contributed by atoms with Crippen molar-refractivity contribution in [1.29, 1.82) is 0 Å². The maximum absolute atomic E-state index is 15.7. The lowest BCUT2D eigenvalue weighted by Crippen LogP contribution is -2.57. The molecule has 8 heteroatoms. The van der Waals surface area contributed by atoms with Gasteiger partial charge in [-0.3, -0.25) is 0 Å². The van der Waals surface area contributed by atoms with E-state index in [1.54, 1.807) is 20.8 Å². The van der Waals surface area contributed by atoms with Crippen LogP contribution in [0, 0.1) is 5.82 Å². The summed E-state index contributed by atoms with van der Waals surface area (Å²) in [6.07, 6.45) is 0.648. The van der Waals surface area contributed by atoms with E-state index < -0.39 is 43.3 Å². The Morgan fingerprint density at radius 3 is 2.46 bits per heavy atom. The van der Waals surface area contributed by atoms with Crippen molar-refractivity contribution in [3.05, 3.63) is 30.1 Å². The zero-order valence-corrected chi connectivity index (χ0v) is 16.3. The summed E-state index contributed by atoms with van der Waals surface area (Å²) in [5, 5.41) is -2.78. The number of rotatable bonds is 3. The van der Waals surface area contributed by atoms with Crippen molar-refractivity contribution >= 4 is 15.9 Å². The second kappa shape index (κ2) is 7.13. The fraction of sp³-hybridized carbons (Fsp3) is 0.611. The van der Waals surface area contributed by atoms with Gasteiger partial charge in [0.1, 0.15) is 11.4 Å². The summed E-state index contributed by atoms with van der Waals surface area (Å²) in [4.78, 5) is 13.2. The SMILES string of the molecule is CC(C)(C)OC(=O)N1CCCCC1C(C)(F)S(=O)(=O)c1cccc(F)c1. The van der Waals surface area contributed by atoms with Gasteiger partial charge in [0.25, 0.3) is 0 Å². The van der Waals surface area contributed by atoms with E-state index in [0.29, 0.717) is 12.8 Å². The van der Waals surface area contributed by atoms with Gasteiger partial charge < -0.3 is 9.64 Å². The number of nitrogens with zero attached hydrogens (tertiary/aromatic N) is 1. The van der Waals surface area contributed by atoms with Crippen molar-refractivity contribution in [3.8, 4) is 0 Å². The number of carbonyl (C=O) groups is 1. The highest BCUT2D eigenvalue weighted by Crippen LogP contribution is 2.38. The number of amides is 1. The smallest absolute Gasteiger partial charge is 0.410 e. The molecule has 146 valence electrons. The molecule has 0 aliphatic carbocycles. The number of piperidine rings is 1. The molecule has 0 aromatic heterocycles. The predicted octanol–water partition coefficient (Wildman–Crippen LogP) is 4.07. The standard InChI is InChI=1S/C18H25F2NO4S/c1-17(2,3)25-16(22)21-11-6-5-10-15(21)18(4,20)26(23,24)14-9-7-8-13(19)12-14/h7-9,12,15H,5-6,10-11H2,1-4H3. The van der Waals surface area contributed by atoms with Crippen LogP contribution in [0.15, 0.2) is 29.2 Å². The molecular weight excluding hydrogens is 364 g/mol. The molecule has 0 bridgehead atoms. The number of carbonyl (C=O) groups excluding carboxylic acids is 1. The van der Waals surface area contributed by atoms with Crippen molar-refractivity contribution < 1.29 is 26.7 Å². The largest absolute Gasteiger partial charge is 0.444 e. The Morgan fingerprint density at radius 2 is 1.88 bits per heavy atom. The van der Waals surface area contributed by atoms with E-state index in [4.69, 9.17) is 4.74 Å². The van der Waals surface area contributed by atoms with Crippen LogP contribution in [-0.4, -0.2) is 42.6 Å². The first-order chi connectivity index (χ1) is 11.9. The Kier molecular flexibility index (Phi) is 5.66. The normalized spacial score (nSPS) is 21.2. The van der Waals surface area contributed by atoms with Crippen LogP contribution in [0.5, 0.6) is 0 Å². The van der Waals surface area contributed by atoms with E-state index in [1.165, 1.54) is 6.07 Å². The Hall–Kier alpha value is -1.70. The summed E-state index contributed by atoms with van der Waals surface area (Å²) in [6.45, 7) is 6.18. The van der Waals surface area contributed by atoms with Crippen molar-refractivity contribution in [2.45, 2.75) is 68.5 Å². The van der Waals surface area contributed by atoms with Gasteiger partial charge in [0, 0.05) is 6.54 Å². The van der Waals surface area contributed by atoms with Crippen molar-refractivity contribution in [1.82, 2.24) is 4.90 Å². The second-order valence-corrected chi connectivity index (χ2v) is 9.91. The summed E-state index contributed by atoms with van der Waals surface area (Å²) in [5.74, 6) is -0.769. The van der Waals surface area contributed by atoms with Gasteiger partial charge in [0.05, 0.1) is 10.9 Å². The third-order valence-corrected chi connectivity index (χ3v) is 6.56. The molecule has 1 saturated heterocycles. The number of ether oxygens (including phenoxy) is 1. The molecule has 2 atom stereocenters. The molecule has 0 spiro atoms. The molecule has 1 fully saturated rings. The third-order valence-electron chi connectivity index (χ3n) is 4.36. The van der Waals surface area contributed by atoms with Crippen LogP contribution in [0.4, 0.5) is 13.6 Å². The predicted molar refractivity (Wildman–Crippen MR) is 93.7 cm³/mol. The lowest BCUT2D eigenvalue weighted by Gasteiger charge is -2.42. The molecule has 1 aliphatic rings. The summed E-state index contributed by atoms with van der Waals surface area (Å²) in [7, 11) is -4.53. The average Bonchev–Trinajstić information content (AvgIpc) is 2.53. The van der Waals surface area contributed by atoms with E-state index in [2.05, 4.69) is 0 Å². The van der Waals surface area contributed by atoms with Crippen LogP contribution in [0.3, 0.4) is 0 Å². The first-order valence-electron chi connectivity index (χ1n) is 8.55. The molecule has 2 rings (SSSR count). The number of sulfone groups is 1. The molecule has 0 N–H and O–H groups in total. The summed E-state index contributed by atoms with van der Waals surface area (Å²) < 4.78 is 60.1. The molecule has 26 heavy (non-hydrogen) atoms. The first-order valence-corrected chi connectivity index (χ1v) is 10.0. The quantitative estimate of drug-likeness (QED) is 0.782. The number of benzene rings is 1. The molecular formula is C18H25F2NO4S. The molecule has 2 unspecified atom stereocenters. The summed E-state index contributed by atoms with van der Waals surface area (Å²) >= 11 is 0. The maximum atomic E-state index is 15.7. The van der Waals surface area contributed by atoms with E-state index in [1.807, 2.05) is 0 Å². The Bertz CT molecular complexity index is 772. The number of hydrogen-bond acceptors (Lipinski definition) is 4. The lowest BCUT2D eigenvalue weighted by atomic mass is 9.99. The van der Waals surface area contributed by atoms with Crippen molar-refractivity contribution in [2.75, 3.05) is 6.54 Å². The van der Waals surface area contributed by atoms with Gasteiger partial charge in [0.2, 0.25) is 14.8 Å². The topological polar surface area (TPSA) is 63.7 Å². The fourth-order valence-electron chi connectivity index (χ4n) is 3.05. The molecule has 1 amide bonds. The molecule has 0 saturated carbocycles. The highest BCUT2D eigenvalue weighted by Gasteiger charge is 2.52. The summed E-state index contributed by atoms with van der Waals surface area (Å²) in [5.41, 5.74) is -0.784. The van der Waals surface area contributed by atoms with Gasteiger partial charge in [-0.1, -0.05) is 6.07 Å². The van der Waals surface area contributed by atoms with E-state index in [9.17, 15) is 17.6 Å². The molecule has 0 radical (unpaired) electrons. The van der Waals surface area contributed by atoms with Crippen LogP contribution in [0.25, 0.3) is 0 Å². The molecule has 1 aromatic carbocycles. The number of alkyl halides is 1. The first kappa shape index (κ1) is 20.6. The Morgan fingerprint density at radius 1 is 1.23 bits per heavy atom. The molecule has 1 aromatic rings.